The predicted octanol–water partition coefficient (Wildman–Crippen LogP) is 33.3. The Hall–Kier alpha value is -18.1. The second-order valence-corrected chi connectivity index (χ2v) is 36.9. The van der Waals surface area contributed by atoms with Crippen LogP contribution in [0.2, 0.25) is 0 Å². The number of nitrogens with zero attached hydrogens (tertiary/aromatic N) is 10. The third-order valence-corrected chi connectivity index (χ3v) is 27.8. The first kappa shape index (κ1) is 91.1. The van der Waals surface area contributed by atoms with Crippen molar-refractivity contribution in [3.63, 3.8) is 0 Å². The largest absolute Gasteiger partial charge is 3.00 e. The molecule has 14 nitrogen and oxygen atoms in total. The van der Waals surface area contributed by atoms with Gasteiger partial charge >= 0.3 is 40.2 Å². The molecule has 14 heterocycles. The van der Waals surface area contributed by atoms with Crippen molar-refractivity contribution < 1.29 is 57.9 Å². The standard InChI is InChI=1S/C132H78N10O4.2Ir/c1-77-44-54-111-107-36-18-40-115(125(107)143-129(111)139-77)121-60-50-85(73-135-121)97-26-7-13-32-103(97)91-65-89(66-92(69-91)104-33-14-8-27-98(104)86-51-61-122(136-74-86)116-41-19-37-108-112-55-45-78(2)140-130(112)144-126(108)116)101-30-11-5-24-95(101)83-48-58-119(133-71-83)81-22-17-23-82(64-81)120-59-49-84(72-134-120)96-25-6-12-31-102(96)90-67-93(105-34-15-9-28-99(105)87-52-62-123(137-75-87)117-42-20-38-109-113-56-46-79(3)141-131(113)145-127(109)117)70-94(68-90)106-35-16-10-29-100(106)88-53-63-124(138-76-88)118-43-21-39-110-114-57-47-80(4)142-132(114)146-128(110)118;;/h5-21,24-39,44-76H,1-4H3;;/q-6;2*+3. The number of hydrogen-bond donors (Lipinski definition) is 0. The van der Waals surface area contributed by atoms with Crippen molar-refractivity contribution in [2.45, 2.75) is 27.7 Å². The second-order valence-electron chi connectivity index (χ2n) is 36.9. The fraction of sp³-hybridized carbons (Fsp3) is 0.0303. The van der Waals surface area contributed by atoms with Crippen molar-refractivity contribution in [1.82, 2.24) is 49.8 Å². The van der Waals surface area contributed by atoms with Gasteiger partial charge in [-0.1, -0.05) is 256 Å². The van der Waals surface area contributed by atoms with Gasteiger partial charge in [-0.15, -0.1) is 78.9 Å². The number of furan rings is 4. The van der Waals surface area contributed by atoms with E-state index < -0.39 is 0 Å². The van der Waals surface area contributed by atoms with Gasteiger partial charge in [0.15, 0.2) is 0 Å². The predicted molar refractivity (Wildman–Crippen MR) is 583 cm³/mol. The number of hydrogen-bond acceptors (Lipinski definition) is 14. The molecule has 0 spiro atoms. The number of benzene rings is 13. The molecule has 0 fully saturated rings. The van der Waals surface area contributed by atoms with Crippen molar-refractivity contribution >= 4 is 88.3 Å². The van der Waals surface area contributed by atoms with Gasteiger partial charge in [0.1, 0.15) is 0 Å². The number of rotatable bonds is 18. The molecular formula is C132H78Ir2N10O4. The quantitative estimate of drug-likeness (QED) is 0.0740. The number of pyridine rings is 10. The molecule has 0 N–H and O–H groups in total. The molecule has 0 saturated heterocycles. The second kappa shape index (κ2) is 37.9. The van der Waals surface area contributed by atoms with E-state index in [9.17, 15) is 0 Å². The van der Waals surface area contributed by atoms with Crippen LogP contribution in [-0.2, 0) is 40.2 Å². The van der Waals surface area contributed by atoms with Crippen LogP contribution in [0.1, 0.15) is 22.8 Å². The molecular weight excluding hydrogens is 2170 g/mol. The summed E-state index contributed by atoms with van der Waals surface area (Å²) in [6, 6.07) is 147. The van der Waals surface area contributed by atoms with E-state index in [0.717, 1.165) is 267 Å². The maximum atomic E-state index is 6.45. The van der Waals surface area contributed by atoms with E-state index in [2.05, 4.69) is 322 Å². The molecule has 0 aliphatic carbocycles. The first-order chi connectivity index (χ1) is 71.9. The summed E-state index contributed by atoms with van der Waals surface area (Å²) in [5, 5.41) is 7.68. The topological polar surface area (TPSA) is 181 Å². The van der Waals surface area contributed by atoms with Crippen LogP contribution in [0.4, 0.5) is 0 Å². The van der Waals surface area contributed by atoms with E-state index in [1.807, 2.05) is 144 Å². The van der Waals surface area contributed by atoms with Gasteiger partial charge in [0.05, 0.1) is 22.3 Å². The third kappa shape index (κ3) is 16.4. The minimum absolute atomic E-state index is 0. The first-order valence-corrected chi connectivity index (χ1v) is 48.4. The maximum absolute atomic E-state index is 6.45. The average Bonchev–Trinajstić information content (AvgIpc) is 1.58. The van der Waals surface area contributed by atoms with Crippen LogP contribution in [0.25, 0.3) is 289 Å². The summed E-state index contributed by atoms with van der Waals surface area (Å²) in [6.07, 6.45) is 11.7. The Balaban J connectivity index is 0.00000569. The van der Waals surface area contributed by atoms with Gasteiger partial charge in [0.2, 0.25) is 22.9 Å². The Morgan fingerprint density at radius 1 is 0.182 bits per heavy atom. The molecule has 0 unspecified atom stereocenters. The van der Waals surface area contributed by atoms with Crippen molar-refractivity contribution in [3.05, 3.63) is 460 Å². The van der Waals surface area contributed by atoms with Crippen LogP contribution in [0, 0.1) is 64.1 Å². The number of aromatic nitrogens is 10. The Morgan fingerprint density at radius 3 is 0.574 bits per heavy atom. The van der Waals surface area contributed by atoms with E-state index >= 15 is 0 Å². The van der Waals surface area contributed by atoms with Gasteiger partial charge in [-0.3, -0.25) is 22.7 Å². The molecule has 148 heavy (non-hydrogen) atoms. The molecule has 0 radical (unpaired) electrons. The summed E-state index contributed by atoms with van der Waals surface area (Å²) < 4.78 is 25.8. The van der Waals surface area contributed by atoms with Crippen LogP contribution >= 0.6 is 0 Å². The molecule has 0 bridgehead atoms. The Morgan fingerprint density at radius 2 is 0.378 bits per heavy atom. The summed E-state index contributed by atoms with van der Waals surface area (Å²) in [5.41, 5.74) is 41.9. The molecule has 0 amide bonds. The summed E-state index contributed by atoms with van der Waals surface area (Å²) in [6.45, 7) is 7.88. The van der Waals surface area contributed by atoms with E-state index in [4.69, 9.17) is 67.5 Å². The molecule has 698 valence electrons. The molecule has 13 aromatic carbocycles. The smallest absolute Gasteiger partial charge is 0.486 e. The SMILES string of the molecule is Cc1ccc2c(n1)oc1c(-c3ccc(-c4ccccc4-c4cc(-c5ccccc5-c5ccc(-c6[c-]c[c-]c(-c7ccc(-c8ccccc8-c8cc(-c9ccccc9-c9ccc(-c%10[c-]ccc%11c%10oc%10nc(C)ccc%10%11)nc9)cc(-c9ccccc9-c9ccc(-c%10[c-]ccc%11c%10oc%10nc(C)ccc%10%11)nc9)c8)cn7)c6)nc5)cc(-c5ccccc5-c5ccc(-c6[c-]ccc7c6oc6nc(C)ccc67)nc5)c4)cn3)[c-]ccc12.[Ir+3].[Ir+3]. The zero-order valence-electron chi connectivity index (χ0n) is 79.9. The monoisotopic (exact) mass is 2250 g/mol. The molecule has 27 aromatic rings. The zero-order chi connectivity index (χ0) is 97.1. The zero-order valence-corrected chi connectivity index (χ0v) is 84.7. The minimum atomic E-state index is 0. The van der Waals surface area contributed by atoms with Gasteiger partial charge in [-0.25, -0.2) is 32.1 Å². The van der Waals surface area contributed by atoms with Crippen molar-refractivity contribution in [1.29, 1.82) is 0 Å². The van der Waals surface area contributed by atoms with Crippen LogP contribution in [-0.4, -0.2) is 49.8 Å². The van der Waals surface area contributed by atoms with Crippen molar-refractivity contribution in [2.24, 2.45) is 0 Å². The summed E-state index contributed by atoms with van der Waals surface area (Å²) in [4.78, 5) is 50.0. The van der Waals surface area contributed by atoms with Crippen LogP contribution < -0.4 is 0 Å². The Kier molecular flexibility index (Phi) is 23.3. The van der Waals surface area contributed by atoms with Crippen LogP contribution in [0.3, 0.4) is 0 Å². The molecule has 16 heteroatoms. The van der Waals surface area contributed by atoms with Gasteiger partial charge in [0.25, 0.3) is 0 Å². The van der Waals surface area contributed by atoms with Crippen molar-refractivity contribution in [3.8, 4) is 201 Å². The van der Waals surface area contributed by atoms with E-state index in [-0.39, 0.29) is 40.2 Å². The Labute approximate surface area is 878 Å². The third-order valence-electron chi connectivity index (χ3n) is 27.8. The molecule has 0 aliphatic heterocycles. The van der Waals surface area contributed by atoms with Crippen molar-refractivity contribution in [2.75, 3.05) is 0 Å². The maximum Gasteiger partial charge on any atom is 3.00 e. The fourth-order valence-corrected chi connectivity index (χ4v) is 20.7. The van der Waals surface area contributed by atoms with Crippen LogP contribution in [0.15, 0.2) is 419 Å². The summed E-state index contributed by atoms with van der Waals surface area (Å²) in [5.74, 6) is 0. The Bertz CT molecular complexity index is 8920. The van der Waals surface area contributed by atoms with Crippen LogP contribution in [0.5, 0.6) is 0 Å². The molecule has 0 saturated carbocycles. The van der Waals surface area contributed by atoms with Gasteiger partial charge in [0, 0.05) is 92.8 Å². The molecule has 14 aromatic heterocycles. The molecule has 0 atom stereocenters. The summed E-state index contributed by atoms with van der Waals surface area (Å²) >= 11 is 0. The fourth-order valence-electron chi connectivity index (χ4n) is 20.7. The normalized spacial score (nSPS) is 11.5. The first-order valence-electron chi connectivity index (χ1n) is 48.4. The molecule has 27 rings (SSSR count). The van der Waals surface area contributed by atoms with Gasteiger partial charge < -0.3 is 42.6 Å². The summed E-state index contributed by atoms with van der Waals surface area (Å²) in [7, 11) is 0. The number of fused-ring (bicyclic) bond motifs is 12. The minimum Gasteiger partial charge on any atom is -0.486 e. The van der Waals surface area contributed by atoms with E-state index in [1.165, 1.54) is 0 Å². The molecule has 0 aliphatic rings. The van der Waals surface area contributed by atoms with Gasteiger partial charge in [-0.2, -0.15) is 5.56 Å². The number of aryl methyl sites for hydroxylation is 4. The van der Waals surface area contributed by atoms with E-state index in [1.54, 1.807) is 0 Å². The van der Waals surface area contributed by atoms with E-state index in [0.29, 0.717) is 45.2 Å². The average molecular weight is 2250 g/mol. The van der Waals surface area contributed by atoms with Gasteiger partial charge in [-0.05, 0) is 269 Å².